The molecule has 2 aromatic rings. The highest BCUT2D eigenvalue weighted by Crippen LogP contribution is 2.30. The zero-order valence-corrected chi connectivity index (χ0v) is 11.9. The van der Waals surface area contributed by atoms with E-state index in [1.54, 1.807) is 0 Å². The summed E-state index contributed by atoms with van der Waals surface area (Å²) >= 11 is 0. The third-order valence-electron chi connectivity index (χ3n) is 2.95. The molecule has 0 spiro atoms. The molecule has 0 bridgehead atoms. The third-order valence-corrected chi connectivity index (χ3v) is 2.95. The van der Waals surface area contributed by atoms with Crippen LogP contribution in [0.4, 0.5) is 17.6 Å². The third kappa shape index (κ3) is 5.28. The standard InChI is InChI=1S/C16H13F4NO2/c17-13-5-1-11(2-6-13)9-21-15(22)10-23-14-7-3-12(4-8-14)16(18,19)20/h1-8H,9-10H2,(H,21,22). The minimum atomic E-state index is -4.41. The van der Waals surface area contributed by atoms with E-state index in [2.05, 4.69) is 5.32 Å². The van der Waals surface area contributed by atoms with Crippen molar-refractivity contribution < 1.29 is 27.1 Å². The summed E-state index contributed by atoms with van der Waals surface area (Å²) in [4.78, 5) is 11.6. The van der Waals surface area contributed by atoms with E-state index in [-0.39, 0.29) is 24.7 Å². The van der Waals surface area contributed by atoms with Crippen molar-refractivity contribution >= 4 is 5.91 Å². The molecule has 0 saturated carbocycles. The van der Waals surface area contributed by atoms with Gasteiger partial charge in [0.05, 0.1) is 5.56 Å². The fraction of sp³-hybridized carbons (Fsp3) is 0.188. The minimum absolute atomic E-state index is 0.162. The molecule has 0 aliphatic rings. The number of ether oxygens (including phenoxy) is 1. The maximum absolute atomic E-state index is 12.7. The molecule has 2 rings (SSSR count). The summed E-state index contributed by atoms with van der Waals surface area (Å²) < 4.78 is 55.0. The Bertz CT molecular complexity index is 651. The molecule has 0 unspecified atom stereocenters. The Labute approximate surface area is 129 Å². The van der Waals surface area contributed by atoms with Crippen LogP contribution in [-0.2, 0) is 17.5 Å². The van der Waals surface area contributed by atoms with Crippen molar-refractivity contribution in [3.8, 4) is 5.75 Å². The summed E-state index contributed by atoms with van der Waals surface area (Å²) in [5.41, 5.74) is -0.0695. The molecule has 1 N–H and O–H groups in total. The predicted molar refractivity (Wildman–Crippen MR) is 75.2 cm³/mol. The maximum Gasteiger partial charge on any atom is 0.416 e. The largest absolute Gasteiger partial charge is 0.484 e. The smallest absolute Gasteiger partial charge is 0.416 e. The van der Waals surface area contributed by atoms with Crippen LogP contribution in [0.15, 0.2) is 48.5 Å². The molecule has 0 radical (unpaired) electrons. The summed E-state index contributed by atoms with van der Waals surface area (Å²) in [6, 6.07) is 9.68. The van der Waals surface area contributed by atoms with E-state index in [0.717, 1.165) is 24.3 Å². The zero-order valence-electron chi connectivity index (χ0n) is 11.9. The molecule has 0 heterocycles. The van der Waals surface area contributed by atoms with E-state index in [9.17, 15) is 22.4 Å². The predicted octanol–water partition coefficient (Wildman–Crippen LogP) is 3.54. The normalized spacial score (nSPS) is 11.1. The van der Waals surface area contributed by atoms with Crippen LogP contribution in [0, 0.1) is 5.82 Å². The lowest BCUT2D eigenvalue weighted by atomic mass is 10.2. The number of carbonyl (C=O) groups is 1. The first kappa shape index (κ1) is 16.8. The Kier molecular flexibility index (Phi) is 5.20. The van der Waals surface area contributed by atoms with Gasteiger partial charge in [-0.15, -0.1) is 0 Å². The Morgan fingerprint density at radius 2 is 1.61 bits per heavy atom. The topological polar surface area (TPSA) is 38.3 Å². The van der Waals surface area contributed by atoms with E-state index >= 15 is 0 Å². The van der Waals surface area contributed by atoms with E-state index in [1.165, 1.54) is 24.3 Å². The molecule has 0 aromatic heterocycles. The molecule has 0 saturated heterocycles. The molecule has 0 aliphatic carbocycles. The Hall–Kier alpha value is -2.57. The molecule has 2 aromatic carbocycles. The van der Waals surface area contributed by atoms with Gasteiger partial charge in [0.1, 0.15) is 11.6 Å². The van der Waals surface area contributed by atoms with Gasteiger partial charge in [-0.3, -0.25) is 4.79 Å². The second-order valence-corrected chi connectivity index (χ2v) is 4.71. The average molecular weight is 327 g/mol. The van der Waals surface area contributed by atoms with Gasteiger partial charge in [0.25, 0.3) is 5.91 Å². The van der Waals surface area contributed by atoms with Gasteiger partial charge in [-0.2, -0.15) is 13.2 Å². The number of alkyl halides is 3. The van der Waals surface area contributed by atoms with Gasteiger partial charge in [-0.1, -0.05) is 12.1 Å². The van der Waals surface area contributed by atoms with Gasteiger partial charge in [0.2, 0.25) is 0 Å². The molecular weight excluding hydrogens is 314 g/mol. The van der Waals surface area contributed by atoms with E-state index in [1.807, 2.05) is 0 Å². The molecule has 122 valence electrons. The first-order valence-corrected chi connectivity index (χ1v) is 6.66. The monoisotopic (exact) mass is 327 g/mol. The molecule has 0 fully saturated rings. The lowest BCUT2D eigenvalue weighted by molar-refractivity contribution is -0.137. The maximum atomic E-state index is 12.7. The number of carbonyl (C=O) groups excluding carboxylic acids is 1. The summed E-state index contributed by atoms with van der Waals surface area (Å²) in [7, 11) is 0. The molecular formula is C16H13F4NO2. The van der Waals surface area contributed by atoms with Crippen LogP contribution in [0.1, 0.15) is 11.1 Å². The summed E-state index contributed by atoms with van der Waals surface area (Å²) in [5.74, 6) is -0.644. The first-order valence-electron chi connectivity index (χ1n) is 6.66. The van der Waals surface area contributed by atoms with Gasteiger partial charge >= 0.3 is 6.18 Å². The molecule has 7 heteroatoms. The quantitative estimate of drug-likeness (QED) is 0.853. The number of benzene rings is 2. The van der Waals surface area contributed by atoms with Crippen LogP contribution in [0.5, 0.6) is 5.75 Å². The second-order valence-electron chi connectivity index (χ2n) is 4.71. The Morgan fingerprint density at radius 3 is 2.17 bits per heavy atom. The Balaban J connectivity index is 1.79. The van der Waals surface area contributed by atoms with Crippen molar-refractivity contribution in [3.63, 3.8) is 0 Å². The fourth-order valence-electron chi connectivity index (χ4n) is 1.74. The van der Waals surface area contributed by atoms with Crippen molar-refractivity contribution in [1.29, 1.82) is 0 Å². The van der Waals surface area contributed by atoms with Crippen LogP contribution in [-0.4, -0.2) is 12.5 Å². The average Bonchev–Trinajstić information content (AvgIpc) is 2.52. The van der Waals surface area contributed by atoms with Crippen LogP contribution in [0.25, 0.3) is 0 Å². The van der Waals surface area contributed by atoms with Crippen LogP contribution in [0.3, 0.4) is 0 Å². The lowest BCUT2D eigenvalue weighted by Gasteiger charge is -2.09. The number of amides is 1. The van der Waals surface area contributed by atoms with Crippen LogP contribution >= 0.6 is 0 Å². The highest BCUT2D eigenvalue weighted by atomic mass is 19.4. The van der Waals surface area contributed by atoms with Crippen molar-refractivity contribution in [2.75, 3.05) is 6.61 Å². The molecule has 23 heavy (non-hydrogen) atoms. The number of hydrogen-bond donors (Lipinski definition) is 1. The van der Waals surface area contributed by atoms with Crippen LogP contribution < -0.4 is 10.1 Å². The van der Waals surface area contributed by atoms with Crippen molar-refractivity contribution in [1.82, 2.24) is 5.32 Å². The highest BCUT2D eigenvalue weighted by molar-refractivity contribution is 5.77. The number of hydrogen-bond acceptors (Lipinski definition) is 2. The number of halogens is 4. The molecule has 0 atom stereocenters. The fourth-order valence-corrected chi connectivity index (χ4v) is 1.74. The SMILES string of the molecule is O=C(COc1ccc(C(F)(F)F)cc1)NCc1ccc(F)cc1. The number of nitrogens with one attached hydrogen (secondary N) is 1. The molecule has 0 aliphatic heterocycles. The van der Waals surface area contributed by atoms with Crippen molar-refractivity contribution in [2.45, 2.75) is 12.7 Å². The minimum Gasteiger partial charge on any atom is -0.484 e. The van der Waals surface area contributed by atoms with E-state index in [4.69, 9.17) is 4.74 Å². The van der Waals surface area contributed by atoms with Crippen molar-refractivity contribution in [2.24, 2.45) is 0 Å². The number of rotatable bonds is 5. The lowest BCUT2D eigenvalue weighted by Crippen LogP contribution is -2.28. The summed E-state index contributed by atoms with van der Waals surface area (Å²) in [5, 5.41) is 2.56. The van der Waals surface area contributed by atoms with Gasteiger partial charge in [-0.25, -0.2) is 4.39 Å². The van der Waals surface area contributed by atoms with Crippen LogP contribution in [0.2, 0.25) is 0 Å². The summed E-state index contributed by atoms with van der Waals surface area (Å²) in [6.45, 7) is -0.123. The van der Waals surface area contributed by atoms with Gasteiger partial charge in [0.15, 0.2) is 6.61 Å². The molecule has 1 amide bonds. The highest BCUT2D eigenvalue weighted by Gasteiger charge is 2.30. The van der Waals surface area contributed by atoms with Gasteiger partial charge in [0, 0.05) is 6.54 Å². The summed E-state index contributed by atoms with van der Waals surface area (Å²) in [6.07, 6.45) is -4.41. The van der Waals surface area contributed by atoms with E-state index in [0.29, 0.717) is 5.56 Å². The second kappa shape index (κ2) is 7.13. The van der Waals surface area contributed by atoms with Gasteiger partial charge < -0.3 is 10.1 Å². The molecule has 3 nitrogen and oxygen atoms in total. The van der Waals surface area contributed by atoms with E-state index < -0.39 is 17.6 Å². The zero-order chi connectivity index (χ0) is 16.9. The Morgan fingerprint density at radius 1 is 1.00 bits per heavy atom. The van der Waals surface area contributed by atoms with Gasteiger partial charge in [-0.05, 0) is 42.0 Å². The first-order chi connectivity index (χ1) is 10.8. The van der Waals surface area contributed by atoms with Crippen molar-refractivity contribution in [3.05, 3.63) is 65.5 Å².